The first kappa shape index (κ1) is 21.4. The fourth-order valence-electron chi connectivity index (χ4n) is 3.01. The Labute approximate surface area is 168 Å². The summed E-state index contributed by atoms with van der Waals surface area (Å²) in [6.07, 6.45) is -2.31. The highest BCUT2D eigenvalue weighted by Crippen LogP contribution is 2.36. The first-order valence-electron chi connectivity index (χ1n) is 8.81. The summed E-state index contributed by atoms with van der Waals surface area (Å²) >= 11 is -1.94. The fraction of sp³-hybridized carbons (Fsp3) is 0.368. The van der Waals surface area contributed by atoms with Crippen LogP contribution in [0.25, 0.3) is 0 Å². The van der Waals surface area contributed by atoms with Gasteiger partial charge >= 0.3 is 6.18 Å². The Hall–Kier alpha value is -2.30. The third kappa shape index (κ3) is 5.20. The average Bonchev–Trinajstić information content (AvgIpc) is 3.21. The van der Waals surface area contributed by atoms with Gasteiger partial charge < -0.3 is 19.3 Å². The minimum Gasteiger partial charge on any atom is -0.611 e. The molecule has 1 aromatic carbocycles. The zero-order valence-corrected chi connectivity index (χ0v) is 16.1. The smallest absolute Gasteiger partial charge is 0.421 e. The van der Waals surface area contributed by atoms with E-state index in [0.717, 1.165) is 18.5 Å². The fourth-order valence-corrected chi connectivity index (χ4v) is 4.57. The van der Waals surface area contributed by atoms with Crippen molar-refractivity contribution in [2.24, 2.45) is 0 Å². The molecule has 2 atom stereocenters. The van der Waals surface area contributed by atoms with E-state index in [-0.39, 0.29) is 30.6 Å². The lowest BCUT2D eigenvalue weighted by molar-refractivity contribution is -0.140. The Bertz CT molecular complexity index is 848. The van der Waals surface area contributed by atoms with Crippen LogP contribution in [0, 0.1) is 0 Å². The number of hydrogen-bond donors (Lipinski definition) is 1. The van der Waals surface area contributed by atoms with E-state index in [1.54, 1.807) is 24.3 Å². The van der Waals surface area contributed by atoms with E-state index < -0.39 is 28.2 Å². The van der Waals surface area contributed by atoms with Crippen molar-refractivity contribution in [3.05, 3.63) is 53.9 Å². The number of nitrogens with zero attached hydrogens (tertiary/aromatic N) is 2. The largest absolute Gasteiger partial charge is 0.611 e. The molecule has 1 aliphatic heterocycles. The highest BCUT2D eigenvalue weighted by molar-refractivity contribution is 7.92. The summed E-state index contributed by atoms with van der Waals surface area (Å²) in [5.74, 6) is 0.123. The Balaban J connectivity index is 1.58. The number of hydrogen-bond acceptors (Lipinski definition) is 5. The minimum atomic E-state index is -4.62. The molecule has 2 aromatic rings. The van der Waals surface area contributed by atoms with Gasteiger partial charge in [-0.15, -0.1) is 0 Å². The molecule has 1 aromatic heterocycles. The Morgan fingerprint density at radius 2 is 2.03 bits per heavy atom. The lowest BCUT2D eigenvalue weighted by Gasteiger charge is -2.21. The van der Waals surface area contributed by atoms with Gasteiger partial charge in [-0.3, -0.25) is 9.78 Å². The molecule has 2 heterocycles. The quantitative estimate of drug-likeness (QED) is 0.714. The molecule has 3 rings (SSSR count). The van der Waals surface area contributed by atoms with Crippen LogP contribution in [0.5, 0.6) is 5.75 Å². The molecule has 1 fully saturated rings. The number of aliphatic hydroxyl groups excluding tert-OH is 1. The number of aromatic nitrogens is 1. The van der Waals surface area contributed by atoms with E-state index in [0.29, 0.717) is 24.3 Å². The normalized spacial score (nSPS) is 18.0. The highest BCUT2D eigenvalue weighted by atomic mass is 32.2. The second-order valence-electron chi connectivity index (χ2n) is 6.51. The lowest BCUT2D eigenvalue weighted by Crippen LogP contribution is -2.35. The first-order chi connectivity index (χ1) is 13.8. The van der Waals surface area contributed by atoms with Gasteiger partial charge in [0.15, 0.2) is 11.5 Å². The van der Waals surface area contributed by atoms with Crippen molar-refractivity contribution in [1.82, 2.24) is 9.88 Å². The molecule has 0 bridgehead atoms. The van der Waals surface area contributed by atoms with Crippen molar-refractivity contribution >= 4 is 17.1 Å². The maximum atomic E-state index is 13.2. The van der Waals surface area contributed by atoms with Crippen LogP contribution in [0.4, 0.5) is 13.2 Å². The van der Waals surface area contributed by atoms with Gasteiger partial charge in [-0.05, 0) is 34.9 Å². The van der Waals surface area contributed by atoms with Crippen LogP contribution >= 0.6 is 0 Å². The van der Waals surface area contributed by atoms with E-state index in [4.69, 9.17) is 9.84 Å². The molecular weight excluding hydrogens is 409 g/mol. The minimum absolute atomic E-state index is 0.0877. The standard InChI is InChI=1S/C19H19F3N2O4S/c20-19(21,22)16-5-7-23-9-17(16)29(27)15-6-8-24(10-15)18(26)12-28-14-3-1-13(11-25)2-4-14/h1-5,7,9,15,25H,6,8,10-12H2/t15-,29?/m0/s1. The number of halogens is 3. The van der Waals surface area contributed by atoms with Gasteiger partial charge in [0.1, 0.15) is 16.6 Å². The molecular formula is C19H19F3N2O4S. The molecule has 0 saturated carbocycles. The van der Waals surface area contributed by atoms with Crippen molar-refractivity contribution in [2.45, 2.75) is 29.3 Å². The van der Waals surface area contributed by atoms with E-state index in [1.807, 2.05) is 0 Å². The Kier molecular flexibility index (Phi) is 6.66. The van der Waals surface area contributed by atoms with Crippen LogP contribution in [0.15, 0.2) is 47.6 Å². The third-order valence-corrected chi connectivity index (χ3v) is 6.32. The molecule has 1 saturated heterocycles. The van der Waals surface area contributed by atoms with Gasteiger partial charge in [0, 0.05) is 19.2 Å². The van der Waals surface area contributed by atoms with Gasteiger partial charge in [0.05, 0.1) is 19.3 Å². The van der Waals surface area contributed by atoms with Crippen LogP contribution in [0.2, 0.25) is 0 Å². The highest BCUT2D eigenvalue weighted by Gasteiger charge is 2.42. The van der Waals surface area contributed by atoms with Gasteiger partial charge in [-0.25, -0.2) is 0 Å². The summed E-state index contributed by atoms with van der Waals surface area (Å²) in [5.41, 5.74) is -0.257. The summed E-state index contributed by atoms with van der Waals surface area (Å²) in [6.45, 7) is 0.0468. The molecule has 156 valence electrons. The first-order valence-corrected chi connectivity index (χ1v) is 10.0. The SMILES string of the molecule is O=C(COc1ccc(CO)cc1)N1CC[C@H]([S+]([O-])c2cnccc2C(F)(F)F)C1. The molecule has 0 spiro atoms. The number of pyridine rings is 1. The second kappa shape index (κ2) is 9.02. The maximum Gasteiger partial charge on any atom is 0.421 e. The number of carbonyl (C=O) groups is 1. The molecule has 1 aliphatic rings. The van der Waals surface area contributed by atoms with Crippen LogP contribution in [-0.2, 0) is 28.8 Å². The van der Waals surface area contributed by atoms with Gasteiger partial charge in [0.25, 0.3) is 5.91 Å². The summed E-state index contributed by atoms with van der Waals surface area (Å²) in [7, 11) is 0. The monoisotopic (exact) mass is 428 g/mol. The van der Waals surface area contributed by atoms with Crippen molar-refractivity contribution in [3.8, 4) is 5.75 Å². The molecule has 29 heavy (non-hydrogen) atoms. The van der Waals surface area contributed by atoms with Crippen LogP contribution in [0.3, 0.4) is 0 Å². The van der Waals surface area contributed by atoms with Crippen molar-refractivity contribution in [3.63, 3.8) is 0 Å². The zero-order chi connectivity index (χ0) is 21.0. The zero-order valence-electron chi connectivity index (χ0n) is 15.3. The van der Waals surface area contributed by atoms with E-state index in [9.17, 15) is 22.5 Å². The van der Waals surface area contributed by atoms with Gasteiger partial charge in [0.2, 0.25) is 0 Å². The van der Waals surface area contributed by atoms with Crippen LogP contribution < -0.4 is 4.74 Å². The predicted octanol–water partition coefficient (Wildman–Crippen LogP) is 2.38. The Morgan fingerprint density at radius 3 is 2.69 bits per heavy atom. The second-order valence-corrected chi connectivity index (χ2v) is 8.21. The summed E-state index contributed by atoms with van der Waals surface area (Å²) in [4.78, 5) is 17.1. The molecule has 0 radical (unpaired) electrons. The molecule has 1 unspecified atom stereocenters. The van der Waals surface area contributed by atoms with Crippen molar-refractivity contribution < 1.29 is 32.4 Å². The third-order valence-electron chi connectivity index (χ3n) is 4.58. The van der Waals surface area contributed by atoms with E-state index in [2.05, 4.69) is 4.98 Å². The number of carbonyl (C=O) groups excluding carboxylic acids is 1. The molecule has 1 N–H and O–H groups in total. The van der Waals surface area contributed by atoms with Gasteiger partial charge in [-0.2, -0.15) is 13.2 Å². The molecule has 10 heteroatoms. The summed E-state index contributed by atoms with van der Waals surface area (Å²) in [6, 6.07) is 7.40. The predicted molar refractivity (Wildman–Crippen MR) is 98.5 cm³/mol. The van der Waals surface area contributed by atoms with E-state index in [1.165, 1.54) is 4.90 Å². The molecule has 1 amide bonds. The number of alkyl halides is 3. The lowest BCUT2D eigenvalue weighted by atomic mass is 10.2. The van der Waals surface area contributed by atoms with Crippen molar-refractivity contribution in [1.29, 1.82) is 0 Å². The number of ether oxygens (including phenoxy) is 1. The van der Waals surface area contributed by atoms with Crippen LogP contribution in [-0.4, -0.2) is 50.4 Å². The topological polar surface area (TPSA) is 85.7 Å². The Morgan fingerprint density at radius 1 is 1.31 bits per heavy atom. The average molecular weight is 428 g/mol. The molecule has 0 aliphatic carbocycles. The van der Waals surface area contributed by atoms with Crippen molar-refractivity contribution in [2.75, 3.05) is 19.7 Å². The number of rotatable bonds is 6. The number of amides is 1. The van der Waals surface area contributed by atoms with Gasteiger partial charge in [-0.1, -0.05) is 12.1 Å². The number of benzene rings is 1. The number of likely N-dealkylation sites (tertiary alicyclic amines) is 1. The summed E-state index contributed by atoms with van der Waals surface area (Å²) in [5, 5.41) is 8.41. The maximum absolute atomic E-state index is 13.2. The molecule has 6 nitrogen and oxygen atoms in total. The van der Waals surface area contributed by atoms with Crippen LogP contribution in [0.1, 0.15) is 17.5 Å². The summed E-state index contributed by atoms with van der Waals surface area (Å²) < 4.78 is 57.6. The van der Waals surface area contributed by atoms with E-state index >= 15 is 0 Å². The number of aliphatic hydroxyl groups is 1.